The van der Waals surface area contributed by atoms with E-state index in [-0.39, 0.29) is 5.56 Å². The first kappa shape index (κ1) is 14.8. The van der Waals surface area contributed by atoms with Crippen LogP contribution in [0.25, 0.3) is 11.3 Å². The Morgan fingerprint density at radius 3 is 2.60 bits per heavy atom. The second-order valence-corrected chi connectivity index (χ2v) is 5.18. The Morgan fingerprint density at radius 2 is 1.95 bits per heavy atom. The van der Waals surface area contributed by atoms with Gasteiger partial charge >= 0.3 is 0 Å². The Hall–Kier alpha value is -1.62. The number of aryl methyl sites for hydroxylation is 2. The second-order valence-electron chi connectivity index (χ2n) is 4.79. The molecule has 0 bridgehead atoms. The summed E-state index contributed by atoms with van der Waals surface area (Å²) in [5.41, 5.74) is 1.30. The molecule has 20 heavy (non-hydrogen) atoms. The van der Waals surface area contributed by atoms with E-state index in [2.05, 4.69) is 9.97 Å². The van der Waals surface area contributed by atoms with E-state index >= 15 is 0 Å². The molecule has 0 radical (unpaired) electrons. The van der Waals surface area contributed by atoms with Crippen molar-refractivity contribution in [2.45, 2.75) is 33.6 Å². The SMILES string of the molecule is CCCc1nc(=S)c(C)c(-c2c(F)ccc(C)c2F)[nH]1. The topological polar surface area (TPSA) is 28.7 Å². The number of aromatic nitrogens is 2. The highest BCUT2D eigenvalue weighted by Crippen LogP contribution is 2.29. The molecule has 0 aliphatic heterocycles. The smallest absolute Gasteiger partial charge is 0.138 e. The Balaban J connectivity index is 2.75. The number of nitrogens with zero attached hydrogens (tertiary/aromatic N) is 1. The van der Waals surface area contributed by atoms with Crippen LogP contribution in [0.1, 0.15) is 30.3 Å². The molecule has 1 aromatic carbocycles. The van der Waals surface area contributed by atoms with Crippen LogP contribution in [-0.4, -0.2) is 9.97 Å². The van der Waals surface area contributed by atoms with Gasteiger partial charge in [0.25, 0.3) is 0 Å². The van der Waals surface area contributed by atoms with Gasteiger partial charge in [0.15, 0.2) is 0 Å². The molecule has 0 fully saturated rings. The lowest BCUT2D eigenvalue weighted by Gasteiger charge is -2.12. The van der Waals surface area contributed by atoms with E-state index in [1.165, 1.54) is 12.1 Å². The highest BCUT2D eigenvalue weighted by atomic mass is 32.1. The van der Waals surface area contributed by atoms with Gasteiger partial charge in [-0.1, -0.05) is 25.2 Å². The highest BCUT2D eigenvalue weighted by Gasteiger charge is 2.17. The molecule has 1 heterocycles. The van der Waals surface area contributed by atoms with Crippen molar-refractivity contribution in [1.29, 1.82) is 0 Å². The molecule has 0 unspecified atom stereocenters. The Labute approximate surface area is 121 Å². The average Bonchev–Trinajstić information content (AvgIpc) is 2.40. The van der Waals surface area contributed by atoms with Crippen molar-refractivity contribution in [3.63, 3.8) is 0 Å². The first-order valence-electron chi connectivity index (χ1n) is 6.50. The zero-order chi connectivity index (χ0) is 14.9. The maximum absolute atomic E-state index is 14.3. The van der Waals surface area contributed by atoms with E-state index < -0.39 is 11.6 Å². The third-order valence-corrected chi connectivity index (χ3v) is 3.62. The molecule has 0 amide bonds. The van der Waals surface area contributed by atoms with Crippen molar-refractivity contribution < 1.29 is 8.78 Å². The second kappa shape index (κ2) is 5.79. The van der Waals surface area contributed by atoms with E-state index in [1.54, 1.807) is 13.8 Å². The van der Waals surface area contributed by atoms with Crippen LogP contribution in [0.15, 0.2) is 12.1 Å². The van der Waals surface area contributed by atoms with Crippen molar-refractivity contribution in [1.82, 2.24) is 9.97 Å². The van der Waals surface area contributed by atoms with Crippen molar-refractivity contribution in [3.8, 4) is 11.3 Å². The number of nitrogens with one attached hydrogen (secondary N) is 1. The van der Waals surface area contributed by atoms with Gasteiger partial charge in [-0.3, -0.25) is 0 Å². The largest absolute Gasteiger partial charge is 0.343 e. The third kappa shape index (κ3) is 2.63. The molecular weight excluding hydrogens is 278 g/mol. The summed E-state index contributed by atoms with van der Waals surface area (Å²) in [7, 11) is 0. The maximum Gasteiger partial charge on any atom is 0.138 e. The van der Waals surface area contributed by atoms with Gasteiger partial charge < -0.3 is 4.98 Å². The molecule has 1 aromatic heterocycles. The van der Waals surface area contributed by atoms with Crippen LogP contribution in [0.4, 0.5) is 8.78 Å². The monoisotopic (exact) mass is 294 g/mol. The zero-order valence-electron chi connectivity index (χ0n) is 11.7. The number of hydrogen-bond donors (Lipinski definition) is 1. The number of benzene rings is 1. The number of rotatable bonds is 3. The first-order valence-corrected chi connectivity index (χ1v) is 6.91. The summed E-state index contributed by atoms with van der Waals surface area (Å²) >= 11 is 5.19. The lowest BCUT2D eigenvalue weighted by molar-refractivity contribution is 0.582. The Kier molecular flexibility index (Phi) is 4.28. The molecule has 2 nitrogen and oxygen atoms in total. The summed E-state index contributed by atoms with van der Waals surface area (Å²) in [6.07, 6.45) is 1.56. The zero-order valence-corrected chi connectivity index (χ0v) is 12.5. The molecule has 2 rings (SSSR count). The number of hydrogen-bond acceptors (Lipinski definition) is 2. The van der Waals surface area contributed by atoms with Gasteiger partial charge in [0.2, 0.25) is 0 Å². The van der Waals surface area contributed by atoms with Gasteiger partial charge in [-0.15, -0.1) is 0 Å². The van der Waals surface area contributed by atoms with E-state index in [0.717, 1.165) is 6.42 Å². The molecule has 0 aliphatic rings. The van der Waals surface area contributed by atoms with Crippen LogP contribution >= 0.6 is 12.2 Å². The van der Waals surface area contributed by atoms with Crippen molar-refractivity contribution in [3.05, 3.63) is 45.4 Å². The van der Waals surface area contributed by atoms with E-state index in [0.29, 0.717) is 33.7 Å². The van der Waals surface area contributed by atoms with E-state index in [9.17, 15) is 8.78 Å². The number of aromatic amines is 1. The highest BCUT2D eigenvalue weighted by molar-refractivity contribution is 7.71. The van der Waals surface area contributed by atoms with Gasteiger partial charge in [0.1, 0.15) is 22.1 Å². The lowest BCUT2D eigenvalue weighted by atomic mass is 10.0. The first-order chi connectivity index (χ1) is 9.45. The number of H-pyrrole nitrogens is 1. The summed E-state index contributed by atoms with van der Waals surface area (Å²) in [5, 5.41) is 0. The minimum absolute atomic E-state index is 0.0617. The van der Waals surface area contributed by atoms with Gasteiger partial charge in [-0.2, -0.15) is 0 Å². The minimum Gasteiger partial charge on any atom is -0.343 e. The molecule has 0 saturated carbocycles. The number of halogens is 2. The van der Waals surface area contributed by atoms with Crippen LogP contribution in [-0.2, 0) is 6.42 Å². The van der Waals surface area contributed by atoms with Gasteiger partial charge in [-0.25, -0.2) is 13.8 Å². The minimum atomic E-state index is -0.601. The van der Waals surface area contributed by atoms with E-state index in [1.807, 2.05) is 6.92 Å². The summed E-state index contributed by atoms with van der Waals surface area (Å²) < 4.78 is 28.7. The fraction of sp³-hybridized carbons (Fsp3) is 0.333. The van der Waals surface area contributed by atoms with Crippen LogP contribution in [0.3, 0.4) is 0 Å². The van der Waals surface area contributed by atoms with Crippen molar-refractivity contribution in [2.75, 3.05) is 0 Å². The normalized spacial score (nSPS) is 10.8. The summed E-state index contributed by atoms with van der Waals surface area (Å²) in [6, 6.07) is 2.69. The maximum atomic E-state index is 14.3. The summed E-state index contributed by atoms with van der Waals surface area (Å²) in [6.45, 7) is 5.33. The molecule has 0 atom stereocenters. The van der Waals surface area contributed by atoms with Crippen LogP contribution < -0.4 is 0 Å². The predicted molar refractivity (Wildman–Crippen MR) is 78.2 cm³/mol. The van der Waals surface area contributed by atoms with Crippen molar-refractivity contribution in [2.24, 2.45) is 0 Å². The molecule has 0 aliphatic carbocycles. The third-order valence-electron chi connectivity index (χ3n) is 3.22. The molecule has 1 N–H and O–H groups in total. The van der Waals surface area contributed by atoms with E-state index in [4.69, 9.17) is 12.2 Å². The fourth-order valence-corrected chi connectivity index (χ4v) is 2.28. The quantitative estimate of drug-likeness (QED) is 0.834. The molecule has 0 spiro atoms. The van der Waals surface area contributed by atoms with Crippen LogP contribution in [0, 0.1) is 30.1 Å². The van der Waals surface area contributed by atoms with Gasteiger partial charge in [0.05, 0.1) is 11.3 Å². The molecule has 5 heteroatoms. The summed E-state index contributed by atoms with van der Waals surface area (Å²) in [4.78, 5) is 7.27. The van der Waals surface area contributed by atoms with Crippen LogP contribution in [0.5, 0.6) is 0 Å². The molecular formula is C15H16F2N2S. The summed E-state index contributed by atoms with van der Waals surface area (Å²) in [5.74, 6) is -0.513. The van der Waals surface area contributed by atoms with Crippen molar-refractivity contribution >= 4 is 12.2 Å². The van der Waals surface area contributed by atoms with Gasteiger partial charge in [0, 0.05) is 12.0 Å². The molecule has 2 aromatic rings. The standard InChI is InChI=1S/C15H16F2N2S/c1-4-5-11-18-14(9(3)15(20)19-11)12-10(16)7-6-8(2)13(12)17/h6-7H,4-5H2,1-3H3,(H,18,19,20). The molecule has 0 saturated heterocycles. The Morgan fingerprint density at radius 1 is 1.25 bits per heavy atom. The lowest BCUT2D eigenvalue weighted by Crippen LogP contribution is -2.04. The van der Waals surface area contributed by atoms with Gasteiger partial charge in [-0.05, 0) is 31.9 Å². The Bertz CT molecular complexity index is 708. The average molecular weight is 294 g/mol. The molecule has 106 valence electrons. The predicted octanol–water partition coefficient (Wildman–Crippen LogP) is 4.65. The fourth-order valence-electron chi connectivity index (χ4n) is 2.07. The van der Waals surface area contributed by atoms with Crippen LogP contribution in [0.2, 0.25) is 0 Å².